The van der Waals surface area contributed by atoms with Crippen LogP contribution in [0.3, 0.4) is 0 Å². The first kappa shape index (κ1) is 21.9. The Bertz CT molecular complexity index is 959. The van der Waals surface area contributed by atoms with Crippen LogP contribution in [0.1, 0.15) is 34.6 Å². The fourth-order valence-corrected chi connectivity index (χ4v) is 4.33. The van der Waals surface area contributed by atoms with Crippen molar-refractivity contribution in [3.63, 3.8) is 0 Å². The second-order valence-electron chi connectivity index (χ2n) is 8.15. The normalized spacial score (nSPS) is 13.1. The Morgan fingerprint density at radius 1 is 0.844 bits per heavy atom. The molecule has 0 unspecified atom stereocenters. The highest BCUT2D eigenvalue weighted by molar-refractivity contribution is 5.78. The molecular formula is C27H30N2O3. The average Bonchev–Trinajstić information content (AvgIpc) is 3.24. The monoisotopic (exact) mass is 430 g/mol. The minimum atomic E-state index is 0.0704. The molecule has 1 amide bonds. The highest BCUT2D eigenvalue weighted by atomic mass is 16.5. The van der Waals surface area contributed by atoms with Crippen molar-refractivity contribution in [2.45, 2.75) is 25.4 Å². The molecule has 1 N–H and O–H groups in total. The van der Waals surface area contributed by atoms with E-state index in [0.29, 0.717) is 13.1 Å². The predicted molar refractivity (Wildman–Crippen MR) is 126 cm³/mol. The zero-order valence-corrected chi connectivity index (χ0v) is 18.7. The van der Waals surface area contributed by atoms with Crippen LogP contribution in [0, 0.1) is 0 Å². The number of nitrogens with zero attached hydrogens (tertiary/aromatic N) is 1. The molecule has 1 heterocycles. The second kappa shape index (κ2) is 10.3. The summed E-state index contributed by atoms with van der Waals surface area (Å²) >= 11 is 0. The maximum Gasteiger partial charge on any atom is 0.234 e. The topological polar surface area (TPSA) is 50.8 Å². The third-order valence-electron chi connectivity index (χ3n) is 6.07. The number of ether oxygens (including phenoxy) is 2. The first-order valence-electron chi connectivity index (χ1n) is 11.0. The van der Waals surface area contributed by atoms with Crippen LogP contribution in [0.15, 0.2) is 72.8 Å². The first-order valence-corrected chi connectivity index (χ1v) is 11.0. The number of methoxy groups -OCH3 is 2. The lowest BCUT2D eigenvalue weighted by molar-refractivity contribution is -0.122. The molecule has 0 radical (unpaired) electrons. The van der Waals surface area contributed by atoms with Crippen molar-refractivity contribution in [2.24, 2.45) is 0 Å². The third kappa shape index (κ3) is 5.29. The lowest BCUT2D eigenvalue weighted by atomic mass is 9.88. The average molecular weight is 431 g/mol. The van der Waals surface area contributed by atoms with Gasteiger partial charge in [0.25, 0.3) is 0 Å². The van der Waals surface area contributed by atoms with E-state index in [1.165, 1.54) is 22.3 Å². The van der Waals surface area contributed by atoms with E-state index < -0.39 is 0 Å². The fraction of sp³-hybridized carbons (Fsp3) is 0.296. The minimum Gasteiger partial charge on any atom is -0.497 e. The van der Waals surface area contributed by atoms with Gasteiger partial charge in [-0.1, -0.05) is 48.5 Å². The maximum absolute atomic E-state index is 12.6. The van der Waals surface area contributed by atoms with Crippen molar-refractivity contribution in [2.75, 3.05) is 27.3 Å². The van der Waals surface area contributed by atoms with Gasteiger partial charge in [0.1, 0.15) is 11.5 Å². The number of benzene rings is 3. The van der Waals surface area contributed by atoms with Gasteiger partial charge in [-0.15, -0.1) is 0 Å². The standard InChI is InChI=1S/C27H30N2O3/c1-31-24-11-7-20(8-12-24)26(21-9-13-25(32-2)14-10-21)15-16-28-27(30)19-29-17-22-5-3-4-6-23(22)18-29/h3-14,26H,15-19H2,1-2H3,(H,28,30). The summed E-state index contributed by atoms with van der Waals surface area (Å²) < 4.78 is 10.6. The number of carbonyl (C=O) groups excluding carboxylic acids is 1. The molecule has 5 heteroatoms. The maximum atomic E-state index is 12.6. The van der Waals surface area contributed by atoms with E-state index in [4.69, 9.17) is 9.47 Å². The number of fused-ring (bicyclic) bond motifs is 1. The fourth-order valence-electron chi connectivity index (χ4n) is 4.33. The van der Waals surface area contributed by atoms with Gasteiger partial charge in [0.2, 0.25) is 5.91 Å². The van der Waals surface area contributed by atoms with Gasteiger partial charge in [-0.25, -0.2) is 0 Å². The van der Waals surface area contributed by atoms with Crippen molar-refractivity contribution >= 4 is 5.91 Å². The van der Waals surface area contributed by atoms with Gasteiger partial charge in [0, 0.05) is 25.6 Å². The highest BCUT2D eigenvalue weighted by Crippen LogP contribution is 2.30. The largest absolute Gasteiger partial charge is 0.497 e. The van der Waals surface area contributed by atoms with Gasteiger partial charge in [-0.3, -0.25) is 9.69 Å². The van der Waals surface area contributed by atoms with Crippen molar-refractivity contribution in [1.29, 1.82) is 0 Å². The summed E-state index contributed by atoms with van der Waals surface area (Å²) in [5.74, 6) is 1.91. The molecular weight excluding hydrogens is 400 g/mol. The number of nitrogens with one attached hydrogen (secondary N) is 1. The van der Waals surface area contributed by atoms with Crippen LogP contribution >= 0.6 is 0 Å². The van der Waals surface area contributed by atoms with Crippen LogP contribution in [-0.2, 0) is 17.9 Å². The molecule has 0 saturated heterocycles. The van der Waals surface area contributed by atoms with E-state index in [1.54, 1.807) is 14.2 Å². The molecule has 0 spiro atoms. The molecule has 4 rings (SSSR count). The van der Waals surface area contributed by atoms with Gasteiger partial charge in [0.05, 0.1) is 20.8 Å². The van der Waals surface area contributed by atoms with E-state index in [1.807, 2.05) is 24.3 Å². The summed E-state index contributed by atoms with van der Waals surface area (Å²) in [5, 5.41) is 3.12. The van der Waals surface area contributed by atoms with Crippen LogP contribution < -0.4 is 14.8 Å². The molecule has 1 aliphatic heterocycles. The van der Waals surface area contributed by atoms with Crippen LogP contribution in [-0.4, -0.2) is 38.1 Å². The predicted octanol–water partition coefficient (Wildman–Crippen LogP) is 4.36. The number of amides is 1. The van der Waals surface area contributed by atoms with Crippen molar-refractivity contribution in [1.82, 2.24) is 10.2 Å². The van der Waals surface area contributed by atoms with Crippen molar-refractivity contribution < 1.29 is 14.3 Å². The molecule has 5 nitrogen and oxygen atoms in total. The molecule has 0 fully saturated rings. The minimum absolute atomic E-state index is 0.0704. The summed E-state index contributed by atoms with van der Waals surface area (Å²) in [5.41, 5.74) is 5.03. The summed E-state index contributed by atoms with van der Waals surface area (Å²) in [6.45, 7) is 2.71. The summed E-state index contributed by atoms with van der Waals surface area (Å²) in [4.78, 5) is 14.8. The zero-order chi connectivity index (χ0) is 22.3. The molecule has 0 bridgehead atoms. The molecule has 166 valence electrons. The number of rotatable bonds is 9. The number of carbonyl (C=O) groups is 1. The smallest absolute Gasteiger partial charge is 0.234 e. The van der Waals surface area contributed by atoms with Gasteiger partial charge in [-0.2, -0.15) is 0 Å². The van der Waals surface area contributed by atoms with E-state index in [2.05, 4.69) is 58.7 Å². The van der Waals surface area contributed by atoms with Gasteiger partial charge in [-0.05, 0) is 52.9 Å². The molecule has 3 aromatic rings. The number of hydrogen-bond acceptors (Lipinski definition) is 4. The molecule has 0 atom stereocenters. The Labute approximate surface area is 190 Å². The van der Waals surface area contributed by atoms with Gasteiger partial charge >= 0.3 is 0 Å². The zero-order valence-electron chi connectivity index (χ0n) is 18.7. The Balaban J connectivity index is 1.37. The third-order valence-corrected chi connectivity index (χ3v) is 6.07. The van der Waals surface area contributed by atoms with E-state index >= 15 is 0 Å². The summed E-state index contributed by atoms with van der Waals surface area (Å²) in [6, 6.07) is 24.7. The molecule has 32 heavy (non-hydrogen) atoms. The molecule has 3 aromatic carbocycles. The van der Waals surface area contributed by atoms with Crippen LogP contribution in [0.25, 0.3) is 0 Å². The Hall–Kier alpha value is -3.31. The summed E-state index contributed by atoms with van der Waals surface area (Å²) in [7, 11) is 3.34. The summed E-state index contributed by atoms with van der Waals surface area (Å²) in [6.07, 6.45) is 0.810. The van der Waals surface area contributed by atoms with E-state index in [-0.39, 0.29) is 11.8 Å². The quantitative estimate of drug-likeness (QED) is 0.548. The van der Waals surface area contributed by atoms with Gasteiger partial charge in [0.15, 0.2) is 0 Å². The Kier molecular flexibility index (Phi) is 7.07. The van der Waals surface area contributed by atoms with Crippen LogP contribution in [0.5, 0.6) is 11.5 Å². The number of hydrogen-bond donors (Lipinski definition) is 1. The SMILES string of the molecule is COc1ccc(C(CCNC(=O)CN2Cc3ccccc3C2)c2ccc(OC)cc2)cc1. The van der Waals surface area contributed by atoms with E-state index in [9.17, 15) is 4.79 Å². The Morgan fingerprint density at radius 2 is 1.34 bits per heavy atom. The Morgan fingerprint density at radius 3 is 1.81 bits per heavy atom. The van der Waals surface area contributed by atoms with Crippen LogP contribution in [0.2, 0.25) is 0 Å². The van der Waals surface area contributed by atoms with Gasteiger partial charge < -0.3 is 14.8 Å². The lowest BCUT2D eigenvalue weighted by Crippen LogP contribution is -2.35. The van der Waals surface area contributed by atoms with Crippen molar-refractivity contribution in [3.05, 3.63) is 95.1 Å². The highest BCUT2D eigenvalue weighted by Gasteiger charge is 2.21. The van der Waals surface area contributed by atoms with Crippen molar-refractivity contribution in [3.8, 4) is 11.5 Å². The second-order valence-corrected chi connectivity index (χ2v) is 8.15. The molecule has 0 saturated carbocycles. The van der Waals surface area contributed by atoms with E-state index in [0.717, 1.165) is 31.0 Å². The van der Waals surface area contributed by atoms with Crippen LogP contribution in [0.4, 0.5) is 0 Å². The lowest BCUT2D eigenvalue weighted by Gasteiger charge is -2.20. The molecule has 1 aliphatic rings. The molecule has 0 aromatic heterocycles. The molecule has 0 aliphatic carbocycles. The first-order chi connectivity index (χ1) is 15.7.